The summed E-state index contributed by atoms with van der Waals surface area (Å²) in [4.78, 5) is 8.74. The molecule has 0 spiro atoms. The first kappa shape index (κ1) is 17.4. The van der Waals surface area contributed by atoms with Crippen molar-refractivity contribution in [2.45, 2.75) is 18.9 Å². The van der Waals surface area contributed by atoms with Crippen LogP contribution < -0.4 is 4.72 Å². The Hall–Kier alpha value is -0.960. The molecule has 1 aromatic rings. The smallest absolute Gasteiger partial charge is 0.259 e. The van der Waals surface area contributed by atoms with Gasteiger partial charge in [-0.05, 0) is 12.5 Å². The molecular formula is C14H27N5O2S. The number of sulfonamides is 1. The number of nitrogens with one attached hydrogen (secondary N) is 1. The fourth-order valence-electron chi connectivity index (χ4n) is 2.65. The molecule has 0 radical (unpaired) electrons. The van der Waals surface area contributed by atoms with Gasteiger partial charge in [0, 0.05) is 52.5 Å². The van der Waals surface area contributed by atoms with E-state index in [-0.39, 0.29) is 10.9 Å². The van der Waals surface area contributed by atoms with E-state index in [9.17, 15) is 8.42 Å². The molecule has 1 fully saturated rings. The summed E-state index contributed by atoms with van der Waals surface area (Å²) in [6, 6.07) is 0. The van der Waals surface area contributed by atoms with Crippen LogP contribution in [0.3, 0.4) is 0 Å². The Morgan fingerprint density at radius 3 is 2.45 bits per heavy atom. The molecular weight excluding hydrogens is 302 g/mol. The maximum atomic E-state index is 12.1. The topological polar surface area (TPSA) is 70.5 Å². The lowest BCUT2D eigenvalue weighted by atomic mass is 10.1. The summed E-state index contributed by atoms with van der Waals surface area (Å²) in [7, 11) is -1.74. The molecule has 8 heteroatoms. The Labute approximate surface area is 133 Å². The van der Waals surface area contributed by atoms with Gasteiger partial charge in [-0.15, -0.1) is 0 Å². The van der Waals surface area contributed by atoms with Crippen LogP contribution in [0.2, 0.25) is 0 Å². The Morgan fingerprint density at radius 1 is 1.27 bits per heavy atom. The van der Waals surface area contributed by atoms with E-state index in [0.717, 1.165) is 39.3 Å². The molecule has 0 unspecified atom stereocenters. The fraction of sp³-hybridized carbons (Fsp3) is 0.786. The molecule has 1 N–H and O–H groups in total. The van der Waals surface area contributed by atoms with Crippen molar-refractivity contribution in [2.24, 2.45) is 13.0 Å². The Kier molecular flexibility index (Phi) is 5.96. The quantitative estimate of drug-likeness (QED) is 0.761. The third-order valence-corrected chi connectivity index (χ3v) is 5.37. The lowest BCUT2D eigenvalue weighted by Gasteiger charge is -2.35. The predicted octanol–water partition coefficient (Wildman–Crippen LogP) is -0.0280. The largest absolute Gasteiger partial charge is 0.339 e. The van der Waals surface area contributed by atoms with Crippen LogP contribution in [0.1, 0.15) is 13.8 Å². The molecule has 0 bridgehead atoms. The summed E-state index contributed by atoms with van der Waals surface area (Å²) in [5.41, 5.74) is 0. The Morgan fingerprint density at radius 2 is 1.91 bits per heavy atom. The summed E-state index contributed by atoms with van der Waals surface area (Å²) in [6.45, 7) is 11.0. The SMILES string of the molecule is CCN1CCN(C[C@H](C)CNS(=O)(=O)c2cn(C)cn2)CC1. The van der Waals surface area contributed by atoms with Crippen LogP contribution in [-0.4, -0.2) is 73.6 Å². The molecule has 1 aromatic heterocycles. The molecule has 22 heavy (non-hydrogen) atoms. The maximum absolute atomic E-state index is 12.1. The summed E-state index contributed by atoms with van der Waals surface area (Å²) in [5, 5.41) is 0.0822. The number of hydrogen-bond acceptors (Lipinski definition) is 5. The van der Waals surface area contributed by atoms with Gasteiger partial charge in [0.1, 0.15) is 0 Å². The zero-order valence-corrected chi connectivity index (χ0v) is 14.5. The first-order valence-corrected chi connectivity index (χ1v) is 9.31. The van der Waals surface area contributed by atoms with Crippen molar-refractivity contribution in [3.8, 4) is 0 Å². The first-order chi connectivity index (χ1) is 10.4. The summed E-state index contributed by atoms with van der Waals surface area (Å²) in [6.07, 6.45) is 3.00. The van der Waals surface area contributed by atoms with Gasteiger partial charge < -0.3 is 14.4 Å². The second-order valence-corrected chi connectivity index (χ2v) is 7.78. The molecule has 0 aliphatic carbocycles. The van der Waals surface area contributed by atoms with Crippen molar-refractivity contribution in [1.82, 2.24) is 24.1 Å². The van der Waals surface area contributed by atoms with E-state index in [0.29, 0.717) is 6.54 Å². The summed E-state index contributed by atoms with van der Waals surface area (Å²) < 4.78 is 28.5. The van der Waals surface area contributed by atoms with Crippen molar-refractivity contribution in [1.29, 1.82) is 0 Å². The highest BCUT2D eigenvalue weighted by atomic mass is 32.2. The van der Waals surface area contributed by atoms with Crippen LogP contribution in [0, 0.1) is 5.92 Å². The maximum Gasteiger partial charge on any atom is 0.259 e. The fourth-order valence-corrected chi connectivity index (χ4v) is 3.79. The number of rotatable bonds is 7. The van der Waals surface area contributed by atoms with E-state index >= 15 is 0 Å². The minimum absolute atomic E-state index is 0.0822. The monoisotopic (exact) mass is 329 g/mol. The van der Waals surface area contributed by atoms with Crippen LogP contribution in [0.4, 0.5) is 0 Å². The zero-order valence-electron chi connectivity index (χ0n) is 13.7. The van der Waals surface area contributed by atoms with Crippen molar-refractivity contribution < 1.29 is 8.42 Å². The van der Waals surface area contributed by atoms with Crippen LogP contribution >= 0.6 is 0 Å². The molecule has 1 aliphatic heterocycles. The van der Waals surface area contributed by atoms with Crippen LogP contribution in [0.5, 0.6) is 0 Å². The predicted molar refractivity (Wildman–Crippen MR) is 86.1 cm³/mol. The van der Waals surface area contributed by atoms with Crippen molar-refractivity contribution >= 4 is 10.0 Å². The van der Waals surface area contributed by atoms with Crippen molar-refractivity contribution in [3.63, 3.8) is 0 Å². The van der Waals surface area contributed by atoms with Crippen molar-refractivity contribution in [2.75, 3.05) is 45.8 Å². The van der Waals surface area contributed by atoms with Crippen LogP contribution in [0.25, 0.3) is 0 Å². The van der Waals surface area contributed by atoms with Gasteiger partial charge in [-0.2, -0.15) is 0 Å². The number of aryl methyl sites for hydroxylation is 1. The lowest BCUT2D eigenvalue weighted by molar-refractivity contribution is 0.125. The second kappa shape index (κ2) is 7.54. The molecule has 2 rings (SSSR count). The number of nitrogens with zero attached hydrogens (tertiary/aromatic N) is 4. The zero-order chi connectivity index (χ0) is 16.2. The number of aromatic nitrogens is 2. The second-order valence-electron chi connectivity index (χ2n) is 6.07. The lowest BCUT2D eigenvalue weighted by Crippen LogP contribution is -2.48. The van der Waals surface area contributed by atoms with Crippen molar-refractivity contribution in [3.05, 3.63) is 12.5 Å². The summed E-state index contributed by atoms with van der Waals surface area (Å²) in [5.74, 6) is 0.270. The first-order valence-electron chi connectivity index (χ1n) is 7.83. The van der Waals surface area contributed by atoms with E-state index < -0.39 is 10.0 Å². The Bertz CT molecular complexity index is 564. The van der Waals surface area contributed by atoms with Crippen LogP contribution in [-0.2, 0) is 17.1 Å². The average molecular weight is 329 g/mol. The number of likely N-dealkylation sites (N-methyl/N-ethyl adjacent to an activating group) is 1. The van der Waals surface area contributed by atoms with Crippen LogP contribution in [0.15, 0.2) is 17.6 Å². The molecule has 7 nitrogen and oxygen atoms in total. The van der Waals surface area contributed by atoms with Gasteiger partial charge in [0.05, 0.1) is 6.33 Å². The number of imidazole rings is 1. The minimum atomic E-state index is -3.50. The molecule has 1 aliphatic rings. The van der Waals surface area contributed by atoms with E-state index in [2.05, 4.69) is 33.4 Å². The van der Waals surface area contributed by atoms with Gasteiger partial charge in [0.2, 0.25) is 0 Å². The molecule has 2 heterocycles. The highest BCUT2D eigenvalue weighted by Crippen LogP contribution is 2.07. The number of piperazine rings is 1. The van der Waals surface area contributed by atoms with Gasteiger partial charge in [-0.3, -0.25) is 0 Å². The van der Waals surface area contributed by atoms with E-state index in [1.165, 1.54) is 12.5 Å². The Balaban J connectivity index is 1.77. The molecule has 0 aromatic carbocycles. The molecule has 0 saturated carbocycles. The van der Waals surface area contributed by atoms with Gasteiger partial charge in [0.15, 0.2) is 5.03 Å². The highest BCUT2D eigenvalue weighted by Gasteiger charge is 2.20. The standard InChI is InChI=1S/C14H27N5O2S/c1-4-18-5-7-19(8-6-18)10-13(2)9-16-22(20,21)14-11-17(3)12-15-14/h11-13,16H,4-10H2,1-3H3/t13-/m1/s1. The number of hydrogen-bond donors (Lipinski definition) is 1. The van der Waals surface area contributed by atoms with E-state index in [1.54, 1.807) is 11.6 Å². The van der Waals surface area contributed by atoms with E-state index in [4.69, 9.17) is 0 Å². The summed E-state index contributed by atoms with van der Waals surface area (Å²) >= 11 is 0. The van der Waals surface area contributed by atoms with Gasteiger partial charge in [-0.1, -0.05) is 13.8 Å². The highest BCUT2D eigenvalue weighted by molar-refractivity contribution is 7.89. The average Bonchev–Trinajstić information content (AvgIpc) is 2.94. The molecule has 1 saturated heterocycles. The molecule has 1 atom stereocenters. The van der Waals surface area contributed by atoms with Gasteiger partial charge >= 0.3 is 0 Å². The molecule has 126 valence electrons. The van der Waals surface area contributed by atoms with Gasteiger partial charge in [-0.25, -0.2) is 18.1 Å². The van der Waals surface area contributed by atoms with Gasteiger partial charge in [0.25, 0.3) is 10.0 Å². The third-order valence-electron chi connectivity index (χ3n) is 4.06. The molecule has 0 amide bonds. The van der Waals surface area contributed by atoms with E-state index in [1.807, 2.05) is 0 Å². The third kappa shape index (κ3) is 4.77. The minimum Gasteiger partial charge on any atom is -0.339 e. The normalized spacial score (nSPS) is 19.4.